The number of nitrogens with zero attached hydrogens (tertiary/aromatic N) is 2. The highest BCUT2D eigenvalue weighted by Gasteiger charge is 2.35. The van der Waals surface area contributed by atoms with Gasteiger partial charge in [0.25, 0.3) is 0 Å². The molecule has 1 aromatic rings. The minimum absolute atomic E-state index is 0.00152. The molecule has 0 aliphatic carbocycles. The second kappa shape index (κ2) is 9.92. The van der Waals surface area contributed by atoms with Crippen LogP contribution >= 0.6 is 0 Å². The predicted octanol–water partition coefficient (Wildman–Crippen LogP) is 1.18. The van der Waals surface area contributed by atoms with E-state index in [4.69, 9.17) is 4.74 Å². The van der Waals surface area contributed by atoms with E-state index in [-0.39, 0.29) is 39.3 Å². The number of hydrogen-bond acceptors (Lipinski definition) is 6. The Morgan fingerprint density at radius 1 is 1.16 bits per heavy atom. The summed E-state index contributed by atoms with van der Waals surface area (Å²) < 4.78 is 59.7. The fraction of sp³-hybridized carbons (Fsp3) is 0.500. The lowest BCUT2D eigenvalue weighted by Gasteiger charge is -2.36. The zero-order valence-corrected chi connectivity index (χ0v) is 18.7. The number of amides is 2. The molecule has 1 saturated heterocycles. The van der Waals surface area contributed by atoms with Crippen molar-refractivity contribution in [3.8, 4) is 0 Å². The molecular formula is C20H26F2N4O5S. The molecule has 0 unspecified atom stereocenters. The standard InChI is InChI=1S/C20H26F2N4O5S/c1-3-15-17(19(27)31-4-2)16(24-20(28)23-15)12-25-8-10-26(11-9-25)32(29,30)18-13(21)6-5-7-14(18)22/h5-7,15H,3-4,8-12H2,1-2H3,(H2,23,24,28)/t15-/m1/s1. The maximum atomic E-state index is 14.0. The number of piperazine rings is 1. The van der Waals surface area contributed by atoms with Crippen LogP contribution in [0.15, 0.2) is 34.4 Å². The van der Waals surface area contributed by atoms with E-state index in [1.807, 2.05) is 11.8 Å². The maximum absolute atomic E-state index is 14.0. The second-order valence-electron chi connectivity index (χ2n) is 7.40. The number of carbonyl (C=O) groups is 2. The molecule has 2 amide bonds. The van der Waals surface area contributed by atoms with Crippen LogP contribution in [0.4, 0.5) is 13.6 Å². The van der Waals surface area contributed by atoms with Crippen molar-refractivity contribution in [3.05, 3.63) is 41.1 Å². The molecule has 1 fully saturated rings. The van der Waals surface area contributed by atoms with Crippen LogP contribution < -0.4 is 10.6 Å². The Balaban J connectivity index is 1.75. The number of carbonyl (C=O) groups excluding carboxylic acids is 2. The smallest absolute Gasteiger partial charge is 0.337 e. The largest absolute Gasteiger partial charge is 0.463 e. The van der Waals surface area contributed by atoms with Crippen LogP contribution in [0.5, 0.6) is 0 Å². The van der Waals surface area contributed by atoms with E-state index in [0.29, 0.717) is 17.7 Å². The molecule has 2 aliphatic heterocycles. The van der Waals surface area contributed by atoms with Gasteiger partial charge in [0.1, 0.15) is 11.6 Å². The molecule has 2 aliphatic rings. The molecule has 32 heavy (non-hydrogen) atoms. The van der Waals surface area contributed by atoms with E-state index < -0.39 is 44.6 Å². The average molecular weight is 473 g/mol. The number of hydrogen-bond donors (Lipinski definition) is 2. The summed E-state index contributed by atoms with van der Waals surface area (Å²) in [5.41, 5.74) is 0.730. The predicted molar refractivity (Wildman–Crippen MR) is 111 cm³/mol. The summed E-state index contributed by atoms with van der Waals surface area (Å²) in [5.74, 6) is -2.81. The molecule has 3 rings (SSSR count). The van der Waals surface area contributed by atoms with Gasteiger partial charge in [-0.05, 0) is 25.5 Å². The van der Waals surface area contributed by atoms with Crippen LogP contribution in [-0.2, 0) is 19.6 Å². The van der Waals surface area contributed by atoms with Gasteiger partial charge in [0.2, 0.25) is 10.0 Å². The van der Waals surface area contributed by atoms with Crippen LogP contribution in [0.1, 0.15) is 20.3 Å². The first-order valence-corrected chi connectivity index (χ1v) is 11.8. The Kier molecular flexibility index (Phi) is 7.47. The Labute approximate surface area is 185 Å². The van der Waals surface area contributed by atoms with Crippen LogP contribution in [0.2, 0.25) is 0 Å². The number of ether oxygens (including phenoxy) is 1. The number of rotatable bonds is 7. The van der Waals surface area contributed by atoms with Crippen LogP contribution in [0.3, 0.4) is 0 Å². The second-order valence-corrected chi connectivity index (χ2v) is 9.28. The lowest BCUT2D eigenvalue weighted by atomic mass is 10.00. The third kappa shape index (κ3) is 4.92. The van der Waals surface area contributed by atoms with Gasteiger partial charge in [0.05, 0.1) is 18.2 Å². The summed E-state index contributed by atoms with van der Waals surface area (Å²) in [4.78, 5) is 25.4. The van der Waals surface area contributed by atoms with Gasteiger partial charge >= 0.3 is 12.0 Å². The molecule has 0 radical (unpaired) electrons. The Morgan fingerprint density at radius 3 is 2.34 bits per heavy atom. The van der Waals surface area contributed by atoms with Gasteiger partial charge in [-0.1, -0.05) is 13.0 Å². The Morgan fingerprint density at radius 2 is 1.78 bits per heavy atom. The highest BCUT2D eigenvalue weighted by molar-refractivity contribution is 7.89. The zero-order chi connectivity index (χ0) is 23.5. The maximum Gasteiger partial charge on any atom is 0.337 e. The number of halogens is 2. The number of sulfonamides is 1. The minimum atomic E-state index is -4.34. The van der Waals surface area contributed by atoms with Crippen molar-refractivity contribution in [1.82, 2.24) is 19.8 Å². The van der Waals surface area contributed by atoms with Crippen molar-refractivity contribution < 1.29 is 31.5 Å². The molecule has 0 spiro atoms. The molecular weight excluding hydrogens is 446 g/mol. The summed E-state index contributed by atoms with van der Waals surface area (Å²) in [7, 11) is -4.34. The first-order chi connectivity index (χ1) is 15.2. The van der Waals surface area contributed by atoms with Gasteiger partial charge < -0.3 is 15.4 Å². The Bertz CT molecular complexity index is 1000. The molecule has 1 aromatic carbocycles. The molecule has 2 heterocycles. The lowest BCUT2D eigenvalue weighted by Crippen LogP contribution is -2.54. The fourth-order valence-electron chi connectivity index (χ4n) is 3.80. The zero-order valence-electron chi connectivity index (χ0n) is 17.9. The first-order valence-electron chi connectivity index (χ1n) is 10.3. The highest BCUT2D eigenvalue weighted by Crippen LogP contribution is 2.24. The molecule has 12 heteroatoms. The topological polar surface area (TPSA) is 108 Å². The lowest BCUT2D eigenvalue weighted by molar-refractivity contribution is -0.139. The highest BCUT2D eigenvalue weighted by atomic mass is 32.2. The first kappa shape index (κ1) is 24.1. The number of nitrogens with one attached hydrogen (secondary N) is 2. The third-order valence-corrected chi connectivity index (χ3v) is 7.33. The molecule has 9 nitrogen and oxygen atoms in total. The molecule has 0 bridgehead atoms. The SMILES string of the molecule is CCOC(=O)C1=C(CN2CCN(S(=O)(=O)c3c(F)cccc3F)CC2)NC(=O)N[C@@H]1CC. The third-order valence-electron chi connectivity index (χ3n) is 5.38. The quantitative estimate of drug-likeness (QED) is 0.577. The van der Waals surface area contributed by atoms with E-state index in [1.54, 1.807) is 6.92 Å². The number of esters is 1. The summed E-state index contributed by atoms with van der Waals surface area (Å²) >= 11 is 0. The molecule has 1 atom stereocenters. The van der Waals surface area contributed by atoms with E-state index in [0.717, 1.165) is 22.5 Å². The van der Waals surface area contributed by atoms with Gasteiger partial charge in [-0.3, -0.25) is 4.90 Å². The van der Waals surface area contributed by atoms with Crippen LogP contribution in [0, 0.1) is 11.6 Å². The molecule has 2 N–H and O–H groups in total. The summed E-state index contributed by atoms with van der Waals surface area (Å²) in [6.45, 7) is 4.39. The summed E-state index contributed by atoms with van der Waals surface area (Å²) in [6, 6.07) is 1.98. The van der Waals surface area contributed by atoms with Gasteiger partial charge in [-0.15, -0.1) is 0 Å². The summed E-state index contributed by atoms with van der Waals surface area (Å²) in [6.07, 6.45) is 0.491. The van der Waals surface area contributed by atoms with Crippen molar-refractivity contribution in [2.24, 2.45) is 0 Å². The van der Waals surface area contributed by atoms with Crippen molar-refractivity contribution in [3.63, 3.8) is 0 Å². The normalized spacial score (nSPS) is 20.6. The van der Waals surface area contributed by atoms with Crippen molar-refractivity contribution in [2.75, 3.05) is 39.3 Å². The van der Waals surface area contributed by atoms with Crippen molar-refractivity contribution >= 4 is 22.0 Å². The molecule has 0 saturated carbocycles. The van der Waals surface area contributed by atoms with Gasteiger partial charge in [-0.25, -0.2) is 26.8 Å². The van der Waals surface area contributed by atoms with Crippen molar-refractivity contribution in [1.29, 1.82) is 0 Å². The van der Waals surface area contributed by atoms with E-state index >= 15 is 0 Å². The van der Waals surface area contributed by atoms with Crippen molar-refractivity contribution in [2.45, 2.75) is 31.2 Å². The van der Waals surface area contributed by atoms with Crippen LogP contribution in [-0.4, -0.2) is 75.0 Å². The van der Waals surface area contributed by atoms with E-state index in [2.05, 4.69) is 10.6 Å². The fourth-order valence-corrected chi connectivity index (χ4v) is 5.33. The Hall–Kier alpha value is -2.57. The monoisotopic (exact) mass is 472 g/mol. The van der Waals surface area contributed by atoms with Gasteiger partial charge in [0.15, 0.2) is 4.90 Å². The van der Waals surface area contributed by atoms with Gasteiger partial charge in [0, 0.05) is 38.4 Å². The average Bonchev–Trinajstić information content (AvgIpc) is 2.73. The minimum Gasteiger partial charge on any atom is -0.463 e. The number of benzene rings is 1. The summed E-state index contributed by atoms with van der Waals surface area (Å²) in [5, 5.41) is 5.35. The molecule has 176 valence electrons. The van der Waals surface area contributed by atoms with Gasteiger partial charge in [-0.2, -0.15) is 4.31 Å². The number of urea groups is 1. The molecule has 0 aromatic heterocycles. The van der Waals surface area contributed by atoms with E-state index in [9.17, 15) is 26.8 Å². The van der Waals surface area contributed by atoms with E-state index in [1.165, 1.54) is 0 Å². The van der Waals surface area contributed by atoms with Crippen LogP contribution in [0.25, 0.3) is 0 Å².